The van der Waals surface area contributed by atoms with Gasteiger partial charge in [-0.05, 0) is 12.1 Å². The first-order valence-electron chi connectivity index (χ1n) is 4.92. The molecule has 0 saturated heterocycles. The Bertz CT molecular complexity index is 670. The fraction of sp³-hybridized carbons (Fsp3) is 0.167. The van der Waals surface area contributed by atoms with Gasteiger partial charge < -0.3 is 9.72 Å². The number of methoxy groups -OCH3 is 1. The number of nitrogens with zero attached hydrogens (tertiary/aromatic N) is 1. The summed E-state index contributed by atoms with van der Waals surface area (Å²) in [4.78, 5) is 14.9. The molecule has 0 bridgehead atoms. The standard InChI is InChI=1S/C12H9ClN2O2/c1-17-10-3-2-8(13)11-9(16)6-7(4-5-14)15-12(10)11/h2-3,6H,4H2,1H3,(H,15,16). The molecule has 0 atom stereocenters. The zero-order valence-electron chi connectivity index (χ0n) is 9.08. The van der Waals surface area contributed by atoms with Gasteiger partial charge in [0, 0.05) is 11.8 Å². The molecule has 1 N–H and O–H groups in total. The van der Waals surface area contributed by atoms with Crippen LogP contribution in [0.15, 0.2) is 23.0 Å². The highest BCUT2D eigenvalue weighted by molar-refractivity contribution is 6.35. The van der Waals surface area contributed by atoms with Crippen molar-refractivity contribution in [3.63, 3.8) is 0 Å². The summed E-state index contributed by atoms with van der Waals surface area (Å²) in [6.07, 6.45) is 0.140. The van der Waals surface area contributed by atoms with E-state index in [9.17, 15) is 4.79 Å². The fourth-order valence-corrected chi connectivity index (χ4v) is 1.95. The molecule has 0 aliphatic carbocycles. The zero-order chi connectivity index (χ0) is 12.4. The minimum Gasteiger partial charge on any atom is -0.495 e. The number of fused-ring (bicyclic) bond motifs is 1. The molecule has 0 saturated carbocycles. The van der Waals surface area contributed by atoms with Gasteiger partial charge in [0.25, 0.3) is 0 Å². The number of aromatic nitrogens is 1. The van der Waals surface area contributed by atoms with Crippen LogP contribution in [0.3, 0.4) is 0 Å². The summed E-state index contributed by atoms with van der Waals surface area (Å²) in [6.45, 7) is 0. The number of ether oxygens (including phenoxy) is 1. The predicted octanol–water partition coefficient (Wildman–Crippen LogP) is 2.26. The zero-order valence-corrected chi connectivity index (χ0v) is 9.84. The van der Waals surface area contributed by atoms with Crippen molar-refractivity contribution in [2.24, 2.45) is 0 Å². The van der Waals surface area contributed by atoms with Crippen LogP contribution in [0.5, 0.6) is 5.75 Å². The molecule has 0 spiro atoms. The Kier molecular flexibility index (Phi) is 3.03. The lowest BCUT2D eigenvalue weighted by molar-refractivity contribution is 0.419. The van der Waals surface area contributed by atoms with Crippen LogP contribution in [0.25, 0.3) is 10.9 Å². The van der Waals surface area contributed by atoms with E-state index in [0.717, 1.165) is 0 Å². The van der Waals surface area contributed by atoms with E-state index < -0.39 is 0 Å². The molecule has 17 heavy (non-hydrogen) atoms. The monoisotopic (exact) mass is 248 g/mol. The number of rotatable bonds is 2. The van der Waals surface area contributed by atoms with Crippen LogP contribution in [0, 0.1) is 11.3 Å². The quantitative estimate of drug-likeness (QED) is 0.887. The van der Waals surface area contributed by atoms with Crippen LogP contribution in [-0.4, -0.2) is 12.1 Å². The number of benzene rings is 1. The molecule has 2 rings (SSSR count). The number of pyridine rings is 1. The third kappa shape index (κ3) is 1.97. The molecule has 0 amide bonds. The summed E-state index contributed by atoms with van der Waals surface area (Å²) in [5.74, 6) is 0.529. The summed E-state index contributed by atoms with van der Waals surface area (Å²) < 4.78 is 5.16. The van der Waals surface area contributed by atoms with E-state index in [2.05, 4.69) is 4.98 Å². The van der Waals surface area contributed by atoms with E-state index in [1.807, 2.05) is 6.07 Å². The third-order valence-electron chi connectivity index (χ3n) is 2.44. The summed E-state index contributed by atoms with van der Waals surface area (Å²) in [5.41, 5.74) is 0.858. The molecule has 1 aromatic carbocycles. The Labute approximate surface area is 102 Å². The second kappa shape index (κ2) is 4.48. The SMILES string of the molecule is COc1ccc(Cl)c2c(=O)cc(CC#N)[nH]c12. The second-order valence-electron chi connectivity index (χ2n) is 3.49. The molecule has 0 unspecified atom stereocenters. The van der Waals surface area contributed by atoms with Crippen LogP contribution >= 0.6 is 11.6 Å². The van der Waals surface area contributed by atoms with Gasteiger partial charge in [-0.25, -0.2) is 0 Å². The van der Waals surface area contributed by atoms with Crippen LogP contribution in [0.1, 0.15) is 5.69 Å². The Balaban J connectivity index is 2.86. The number of nitriles is 1. The van der Waals surface area contributed by atoms with Crippen molar-refractivity contribution in [3.8, 4) is 11.8 Å². The van der Waals surface area contributed by atoms with Gasteiger partial charge in [0.1, 0.15) is 5.75 Å². The molecule has 0 aliphatic heterocycles. The molecule has 5 heteroatoms. The van der Waals surface area contributed by atoms with Crippen molar-refractivity contribution in [1.82, 2.24) is 4.98 Å². The van der Waals surface area contributed by atoms with Gasteiger partial charge >= 0.3 is 0 Å². The van der Waals surface area contributed by atoms with E-state index in [-0.39, 0.29) is 11.8 Å². The van der Waals surface area contributed by atoms with E-state index in [0.29, 0.717) is 27.4 Å². The second-order valence-corrected chi connectivity index (χ2v) is 3.90. The largest absolute Gasteiger partial charge is 0.495 e. The smallest absolute Gasteiger partial charge is 0.191 e. The normalized spacial score (nSPS) is 10.2. The van der Waals surface area contributed by atoms with Crippen molar-refractivity contribution in [2.45, 2.75) is 6.42 Å². The van der Waals surface area contributed by atoms with Crippen molar-refractivity contribution in [2.75, 3.05) is 7.11 Å². The summed E-state index contributed by atoms with van der Waals surface area (Å²) in [6, 6.07) is 6.66. The molecular weight excluding hydrogens is 240 g/mol. The average Bonchev–Trinajstić information content (AvgIpc) is 2.29. The molecule has 0 fully saturated rings. The van der Waals surface area contributed by atoms with Gasteiger partial charge in [-0.15, -0.1) is 0 Å². The van der Waals surface area contributed by atoms with Gasteiger partial charge in [0.15, 0.2) is 5.43 Å². The summed E-state index contributed by atoms with van der Waals surface area (Å²) >= 11 is 5.98. The van der Waals surface area contributed by atoms with Gasteiger partial charge in [-0.1, -0.05) is 11.6 Å². The maximum atomic E-state index is 11.9. The Morgan fingerprint density at radius 1 is 1.53 bits per heavy atom. The molecule has 86 valence electrons. The maximum absolute atomic E-state index is 11.9. The number of H-pyrrole nitrogens is 1. The minimum atomic E-state index is -0.215. The molecule has 4 nitrogen and oxygen atoms in total. The number of nitrogens with one attached hydrogen (secondary N) is 1. The molecule has 0 aliphatic rings. The lowest BCUT2D eigenvalue weighted by atomic mass is 10.1. The van der Waals surface area contributed by atoms with Crippen LogP contribution in [0.4, 0.5) is 0 Å². The van der Waals surface area contributed by atoms with Crippen molar-refractivity contribution < 1.29 is 4.74 Å². The summed E-state index contributed by atoms with van der Waals surface area (Å²) in [7, 11) is 1.51. The van der Waals surface area contributed by atoms with E-state index in [1.165, 1.54) is 13.2 Å². The third-order valence-corrected chi connectivity index (χ3v) is 2.76. The average molecular weight is 249 g/mol. The maximum Gasteiger partial charge on any atom is 0.191 e. The van der Waals surface area contributed by atoms with Crippen molar-refractivity contribution >= 4 is 22.5 Å². The highest BCUT2D eigenvalue weighted by Crippen LogP contribution is 2.27. The first-order valence-corrected chi connectivity index (χ1v) is 5.30. The number of halogens is 1. The number of aromatic amines is 1. The lowest BCUT2D eigenvalue weighted by Gasteiger charge is -2.07. The first-order chi connectivity index (χ1) is 8.17. The highest BCUT2D eigenvalue weighted by Gasteiger charge is 2.10. The Morgan fingerprint density at radius 3 is 2.94 bits per heavy atom. The van der Waals surface area contributed by atoms with Crippen molar-refractivity contribution in [3.05, 3.63) is 39.1 Å². The van der Waals surface area contributed by atoms with Crippen molar-refractivity contribution in [1.29, 1.82) is 5.26 Å². The molecule has 0 radical (unpaired) electrons. The summed E-state index contributed by atoms with van der Waals surface area (Å²) in [5, 5.41) is 9.38. The van der Waals surface area contributed by atoms with Gasteiger partial charge in [-0.3, -0.25) is 4.79 Å². The van der Waals surface area contributed by atoms with E-state index in [4.69, 9.17) is 21.6 Å². The molecule has 1 aromatic heterocycles. The molecule has 1 heterocycles. The van der Waals surface area contributed by atoms with Gasteiger partial charge in [0.05, 0.1) is 35.5 Å². The minimum absolute atomic E-state index is 0.140. The van der Waals surface area contributed by atoms with E-state index >= 15 is 0 Å². The Hall–Kier alpha value is -1.99. The molecular formula is C12H9ClN2O2. The topological polar surface area (TPSA) is 65.9 Å². The Morgan fingerprint density at radius 2 is 2.29 bits per heavy atom. The molecule has 2 aromatic rings. The van der Waals surface area contributed by atoms with Crippen LogP contribution in [-0.2, 0) is 6.42 Å². The fourth-order valence-electron chi connectivity index (χ4n) is 1.70. The van der Waals surface area contributed by atoms with Gasteiger partial charge in [0.2, 0.25) is 0 Å². The van der Waals surface area contributed by atoms with Crippen LogP contribution < -0.4 is 10.2 Å². The van der Waals surface area contributed by atoms with E-state index in [1.54, 1.807) is 12.1 Å². The number of hydrogen-bond donors (Lipinski definition) is 1. The predicted molar refractivity (Wildman–Crippen MR) is 65.4 cm³/mol. The van der Waals surface area contributed by atoms with Gasteiger partial charge in [-0.2, -0.15) is 5.26 Å². The lowest BCUT2D eigenvalue weighted by Crippen LogP contribution is -2.06. The van der Waals surface area contributed by atoms with Crippen LogP contribution in [0.2, 0.25) is 5.02 Å². The highest BCUT2D eigenvalue weighted by atomic mass is 35.5. The number of hydrogen-bond acceptors (Lipinski definition) is 3. The first kappa shape index (κ1) is 11.5.